The molecule has 128 valence electrons. The maximum atomic E-state index is 3.32. The van der Waals surface area contributed by atoms with Gasteiger partial charge in [0, 0.05) is 0 Å². The van der Waals surface area contributed by atoms with E-state index < -0.39 is 0 Å². The summed E-state index contributed by atoms with van der Waals surface area (Å²) < 4.78 is 0. The topological polar surface area (TPSA) is 0 Å². The molecule has 2 aliphatic carbocycles. The van der Waals surface area contributed by atoms with E-state index in [0.29, 0.717) is 11.8 Å². The zero-order valence-corrected chi connectivity index (χ0v) is 18.9. The largest absolute Gasteiger partial charge is 4.00 e. The van der Waals surface area contributed by atoms with Crippen LogP contribution in [0.5, 0.6) is 0 Å². The maximum Gasteiger partial charge on any atom is 4.00 e. The van der Waals surface area contributed by atoms with Crippen LogP contribution in [0.25, 0.3) is 0 Å². The van der Waals surface area contributed by atoms with Gasteiger partial charge in [-0.05, 0) is 0 Å². The molecule has 0 nitrogen and oxygen atoms in total. The van der Waals surface area contributed by atoms with Crippen LogP contribution in [-0.2, 0) is 26.2 Å². The Morgan fingerprint density at radius 1 is 0.783 bits per heavy atom. The second-order valence-electron chi connectivity index (χ2n) is 5.94. The van der Waals surface area contributed by atoms with Crippen LogP contribution in [0.4, 0.5) is 0 Å². The molecule has 0 aromatic carbocycles. The third-order valence-electron chi connectivity index (χ3n) is 3.72. The average Bonchev–Trinajstić information content (AvgIpc) is 3.03. The Balaban J connectivity index is -0.000000308. The minimum absolute atomic E-state index is 0. The second-order valence-corrected chi connectivity index (χ2v) is 5.94. The molecular weight excluding hydrogens is 402 g/mol. The fourth-order valence-electron chi connectivity index (χ4n) is 2.49. The molecule has 0 aromatic rings. The van der Waals surface area contributed by atoms with Crippen molar-refractivity contribution in [3.8, 4) is 0 Å². The van der Waals surface area contributed by atoms with Crippen molar-refractivity contribution in [3.63, 3.8) is 0 Å². The predicted molar refractivity (Wildman–Crippen MR) is 89.2 cm³/mol. The Labute approximate surface area is 175 Å². The zero-order valence-electron chi connectivity index (χ0n) is 15.0. The van der Waals surface area contributed by atoms with Crippen LogP contribution in [0.3, 0.4) is 0 Å². The predicted octanol–water partition coefficient (Wildman–Crippen LogP) is 0.230. The van der Waals surface area contributed by atoms with Crippen molar-refractivity contribution in [2.45, 2.75) is 66.2 Å². The Kier molecular flexibility index (Phi) is 21.2. The SMILES string of the molecule is CCCCC1[C-]=CC(C)=C1.CCCCC1[C-]=CC(C)=C1.[Cl-].[Cl-].[Zr+4]. The van der Waals surface area contributed by atoms with Gasteiger partial charge in [-0.25, -0.2) is 23.3 Å². The molecule has 0 radical (unpaired) electrons. The first-order valence-electron chi connectivity index (χ1n) is 8.21. The second kappa shape index (κ2) is 17.3. The molecule has 0 amide bonds. The first-order valence-corrected chi connectivity index (χ1v) is 8.21. The number of allylic oxidation sites excluding steroid dienone is 8. The summed E-state index contributed by atoms with van der Waals surface area (Å²) in [7, 11) is 0. The molecule has 0 spiro atoms. The molecule has 2 atom stereocenters. The van der Waals surface area contributed by atoms with Gasteiger partial charge in [-0.1, -0.05) is 64.2 Å². The summed E-state index contributed by atoms with van der Waals surface area (Å²) in [6.45, 7) is 8.74. The van der Waals surface area contributed by atoms with Crippen molar-refractivity contribution in [2.24, 2.45) is 11.8 Å². The average molecular weight is 433 g/mol. The van der Waals surface area contributed by atoms with Crippen molar-refractivity contribution in [1.29, 1.82) is 0 Å². The number of hydrogen-bond acceptors (Lipinski definition) is 0. The molecule has 0 saturated carbocycles. The standard InChI is InChI=1S/2C10H15.2ClH.Zr/c2*1-3-4-5-10-7-6-9(2)8-10;;;/h2*6,8,10H,3-5H2,1-2H3;2*1H;/q2*-1;;;+4/p-2. The van der Waals surface area contributed by atoms with E-state index in [2.05, 4.69) is 64.2 Å². The van der Waals surface area contributed by atoms with Crippen LogP contribution in [-0.4, -0.2) is 0 Å². The van der Waals surface area contributed by atoms with Crippen LogP contribution in [0.2, 0.25) is 0 Å². The van der Waals surface area contributed by atoms with Crippen molar-refractivity contribution in [3.05, 3.63) is 47.6 Å². The first kappa shape index (κ1) is 28.2. The number of unbranched alkanes of at least 4 members (excludes halogenated alkanes) is 2. The molecule has 0 heterocycles. The van der Waals surface area contributed by atoms with Crippen LogP contribution in [0.1, 0.15) is 66.2 Å². The van der Waals surface area contributed by atoms with Crippen molar-refractivity contribution < 1.29 is 51.0 Å². The van der Waals surface area contributed by atoms with Gasteiger partial charge in [-0.3, -0.25) is 12.2 Å². The minimum atomic E-state index is 0. The van der Waals surface area contributed by atoms with E-state index in [1.165, 1.54) is 49.7 Å². The van der Waals surface area contributed by atoms with Gasteiger partial charge in [-0.15, -0.1) is 13.8 Å². The summed E-state index contributed by atoms with van der Waals surface area (Å²) in [6, 6.07) is 0. The Hall–Kier alpha value is 0.423. The van der Waals surface area contributed by atoms with Gasteiger partial charge in [0.1, 0.15) is 0 Å². The van der Waals surface area contributed by atoms with Gasteiger partial charge < -0.3 is 24.8 Å². The molecule has 23 heavy (non-hydrogen) atoms. The van der Waals surface area contributed by atoms with Gasteiger partial charge >= 0.3 is 26.2 Å². The normalized spacial score (nSPS) is 20.3. The molecule has 0 aromatic heterocycles. The fourth-order valence-corrected chi connectivity index (χ4v) is 2.49. The molecular formula is C20H30Cl2Zr. The Bertz CT molecular complexity index is 356. The molecule has 0 bridgehead atoms. The molecule has 0 fully saturated rings. The summed E-state index contributed by atoms with van der Waals surface area (Å²) in [5, 5.41) is 0. The summed E-state index contributed by atoms with van der Waals surface area (Å²) in [5.74, 6) is 1.25. The van der Waals surface area contributed by atoms with E-state index in [1.54, 1.807) is 0 Å². The molecule has 2 aliphatic rings. The van der Waals surface area contributed by atoms with Gasteiger partial charge in [0.05, 0.1) is 0 Å². The quantitative estimate of drug-likeness (QED) is 0.528. The van der Waals surface area contributed by atoms with Crippen LogP contribution >= 0.6 is 0 Å². The van der Waals surface area contributed by atoms with Gasteiger partial charge in [-0.2, -0.15) is 12.2 Å². The number of halogens is 2. The summed E-state index contributed by atoms with van der Waals surface area (Å²) in [4.78, 5) is 0. The third kappa shape index (κ3) is 13.4. The van der Waals surface area contributed by atoms with Crippen molar-refractivity contribution in [2.75, 3.05) is 0 Å². The molecule has 0 N–H and O–H groups in total. The summed E-state index contributed by atoms with van der Waals surface area (Å²) in [6.07, 6.45) is 23.3. The van der Waals surface area contributed by atoms with Crippen LogP contribution < -0.4 is 24.8 Å². The molecule has 2 unspecified atom stereocenters. The Morgan fingerprint density at radius 3 is 1.35 bits per heavy atom. The maximum absolute atomic E-state index is 3.32. The molecule has 0 aliphatic heterocycles. The number of rotatable bonds is 6. The van der Waals surface area contributed by atoms with E-state index in [-0.39, 0.29) is 51.0 Å². The smallest absolute Gasteiger partial charge is 1.00 e. The monoisotopic (exact) mass is 430 g/mol. The van der Waals surface area contributed by atoms with E-state index in [9.17, 15) is 0 Å². The van der Waals surface area contributed by atoms with Crippen molar-refractivity contribution >= 4 is 0 Å². The first-order chi connectivity index (χ1) is 9.65. The summed E-state index contributed by atoms with van der Waals surface area (Å²) in [5.41, 5.74) is 2.75. The van der Waals surface area contributed by atoms with E-state index in [4.69, 9.17) is 0 Å². The van der Waals surface area contributed by atoms with Crippen LogP contribution in [0.15, 0.2) is 35.5 Å². The van der Waals surface area contributed by atoms with Gasteiger partial charge in [0.2, 0.25) is 0 Å². The van der Waals surface area contributed by atoms with Gasteiger partial charge in [0.25, 0.3) is 0 Å². The molecule has 3 heteroatoms. The van der Waals surface area contributed by atoms with Gasteiger partial charge in [0.15, 0.2) is 0 Å². The molecule has 2 rings (SSSR count). The number of hydrogen-bond donors (Lipinski definition) is 0. The van der Waals surface area contributed by atoms with E-state index in [1.807, 2.05) is 0 Å². The fraction of sp³-hybridized carbons (Fsp3) is 0.600. The minimum Gasteiger partial charge on any atom is -1.00 e. The third-order valence-corrected chi connectivity index (χ3v) is 3.72. The summed E-state index contributed by atoms with van der Waals surface area (Å²) >= 11 is 0. The Morgan fingerprint density at radius 2 is 1.13 bits per heavy atom. The van der Waals surface area contributed by atoms with E-state index >= 15 is 0 Å². The zero-order chi connectivity index (χ0) is 14.8. The van der Waals surface area contributed by atoms with E-state index in [0.717, 1.165) is 0 Å². The van der Waals surface area contributed by atoms with Crippen molar-refractivity contribution in [1.82, 2.24) is 0 Å². The molecule has 0 saturated heterocycles. The van der Waals surface area contributed by atoms with Crippen LogP contribution in [0, 0.1) is 24.0 Å².